The molecule has 0 atom stereocenters. The van der Waals surface area contributed by atoms with E-state index in [0.717, 1.165) is 4.68 Å². The Labute approximate surface area is 129 Å². The summed E-state index contributed by atoms with van der Waals surface area (Å²) in [5.74, 6) is 0.684. The van der Waals surface area contributed by atoms with E-state index in [1.165, 1.54) is 0 Å². The molecule has 0 aliphatic carbocycles. The van der Waals surface area contributed by atoms with Crippen molar-refractivity contribution in [3.05, 3.63) is 69.3 Å². The third-order valence-corrected chi connectivity index (χ3v) is 3.26. The number of hydrogen-bond acceptors (Lipinski definition) is 4. The van der Waals surface area contributed by atoms with Crippen molar-refractivity contribution in [2.75, 3.05) is 5.43 Å². The van der Waals surface area contributed by atoms with Gasteiger partial charge in [-0.1, -0.05) is 12.1 Å². The van der Waals surface area contributed by atoms with E-state index in [4.69, 9.17) is 16.6 Å². The Balaban J connectivity index is 1.83. The summed E-state index contributed by atoms with van der Waals surface area (Å²) in [6, 6.07) is 10.3. The number of aromatic amines is 1. The maximum absolute atomic E-state index is 12.3. The number of nitrogens with one attached hydrogen (secondary N) is 3. The number of rotatable bonds is 3. The highest BCUT2D eigenvalue weighted by Crippen LogP contribution is 2.02. The lowest BCUT2D eigenvalue weighted by Crippen LogP contribution is -2.46. The van der Waals surface area contributed by atoms with Crippen molar-refractivity contribution < 1.29 is 4.42 Å². The molecule has 0 fully saturated rings. The SMILES string of the molecule is O=c1[nH]c2ccccc2c(=O)n1NC(=S)NCc1ccco1. The quantitative estimate of drug-likeness (QED) is 0.622. The molecule has 0 unspecified atom stereocenters. The van der Waals surface area contributed by atoms with Crippen molar-refractivity contribution in [2.45, 2.75) is 6.54 Å². The molecule has 0 amide bonds. The summed E-state index contributed by atoms with van der Waals surface area (Å²) >= 11 is 5.07. The van der Waals surface area contributed by atoms with Crippen molar-refractivity contribution in [1.82, 2.24) is 15.0 Å². The van der Waals surface area contributed by atoms with Gasteiger partial charge < -0.3 is 14.7 Å². The van der Waals surface area contributed by atoms with E-state index in [0.29, 0.717) is 23.2 Å². The molecular weight excluding hydrogens is 304 g/mol. The molecule has 1 aromatic carbocycles. The maximum atomic E-state index is 12.3. The van der Waals surface area contributed by atoms with Crippen LogP contribution in [0.2, 0.25) is 0 Å². The highest BCUT2D eigenvalue weighted by molar-refractivity contribution is 7.80. The molecule has 0 saturated heterocycles. The molecule has 2 heterocycles. The molecule has 0 aliphatic rings. The van der Waals surface area contributed by atoms with Gasteiger partial charge in [0, 0.05) is 0 Å². The summed E-state index contributed by atoms with van der Waals surface area (Å²) in [5, 5.41) is 3.38. The number of furan rings is 1. The second-order valence-corrected chi connectivity index (χ2v) is 4.90. The first-order valence-corrected chi connectivity index (χ1v) is 6.87. The van der Waals surface area contributed by atoms with Gasteiger partial charge in [-0.05, 0) is 36.5 Å². The van der Waals surface area contributed by atoms with Gasteiger partial charge >= 0.3 is 5.69 Å². The first-order valence-electron chi connectivity index (χ1n) is 6.46. The fourth-order valence-corrected chi connectivity index (χ4v) is 2.15. The molecule has 7 nitrogen and oxygen atoms in total. The monoisotopic (exact) mass is 316 g/mol. The zero-order chi connectivity index (χ0) is 15.5. The molecule has 0 radical (unpaired) electrons. The second kappa shape index (κ2) is 5.86. The summed E-state index contributed by atoms with van der Waals surface area (Å²) in [6.45, 7) is 0.346. The van der Waals surface area contributed by atoms with Crippen molar-refractivity contribution in [2.24, 2.45) is 0 Å². The second-order valence-electron chi connectivity index (χ2n) is 4.49. The molecule has 112 valence electrons. The molecule has 3 aromatic rings. The minimum atomic E-state index is -0.592. The Morgan fingerprint density at radius 1 is 1.23 bits per heavy atom. The Morgan fingerprint density at radius 2 is 2.05 bits per heavy atom. The van der Waals surface area contributed by atoms with Crippen molar-refractivity contribution in [1.29, 1.82) is 0 Å². The topological polar surface area (TPSA) is 92.1 Å². The van der Waals surface area contributed by atoms with Crippen LogP contribution in [0.3, 0.4) is 0 Å². The summed E-state index contributed by atoms with van der Waals surface area (Å²) < 4.78 is 5.99. The average Bonchev–Trinajstić information content (AvgIpc) is 3.03. The van der Waals surface area contributed by atoms with Gasteiger partial charge in [0.1, 0.15) is 5.76 Å². The lowest BCUT2D eigenvalue weighted by Gasteiger charge is -2.11. The predicted octanol–water partition coefficient (Wildman–Crippen LogP) is 0.901. The van der Waals surface area contributed by atoms with Crippen LogP contribution in [0.5, 0.6) is 0 Å². The first-order chi connectivity index (χ1) is 10.6. The lowest BCUT2D eigenvalue weighted by molar-refractivity contribution is 0.503. The van der Waals surface area contributed by atoms with Gasteiger partial charge in [-0.2, -0.15) is 4.68 Å². The van der Waals surface area contributed by atoms with Gasteiger partial charge in [-0.15, -0.1) is 0 Å². The number of aromatic nitrogens is 2. The van der Waals surface area contributed by atoms with E-state index in [1.54, 1.807) is 42.7 Å². The van der Waals surface area contributed by atoms with Crippen LogP contribution in [-0.4, -0.2) is 14.8 Å². The minimum Gasteiger partial charge on any atom is -0.467 e. The Morgan fingerprint density at radius 3 is 2.82 bits per heavy atom. The zero-order valence-electron chi connectivity index (χ0n) is 11.3. The Hall–Kier alpha value is -2.87. The van der Waals surface area contributed by atoms with Crippen LogP contribution in [-0.2, 0) is 6.54 Å². The van der Waals surface area contributed by atoms with E-state index in [1.807, 2.05) is 0 Å². The molecule has 3 N–H and O–H groups in total. The minimum absolute atomic E-state index is 0.138. The first kappa shape index (κ1) is 14.1. The fraction of sp³-hybridized carbons (Fsp3) is 0.0714. The van der Waals surface area contributed by atoms with Gasteiger partial charge in [0.2, 0.25) is 0 Å². The molecule has 0 bridgehead atoms. The highest BCUT2D eigenvalue weighted by atomic mass is 32.1. The smallest absolute Gasteiger partial charge is 0.348 e. The van der Waals surface area contributed by atoms with Gasteiger partial charge in [-0.3, -0.25) is 10.2 Å². The zero-order valence-corrected chi connectivity index (χ0v) is 12.1. The van der Waals surface area contributed by atoms with E-state index in [9.17, 15) is 9.59 Å². The number of nitrogens with zero attached hydrogens (tertiary/aromatic N) is 1. The number of fused-ring (bicyclic) bond motifs is 1. The third-order valence-electron chi connectivity index (χ3n) is 3.02. The Kier molecular flexibility index (Phi) is 3.75. The molecule has 3 rings (SSSR count). The number of H-pyrrole nitrogens is 1. The molecule has 2 aromatic heterocycles. The van der Waals surface area contributed by atoms with Gasteiger partial charge in [0.15, 0.2) is 5.11 Å². The van der Waals surface area contributed by atoms with Crippen molar-refractivity contribution in [3.8, 4) is 0 Å². The normalized spacial score (nSPS) is 10.5. The highest BCUT2D eigenvalue weighted by Gasteiger charge is 2.08. The van der Waals surface area contributed by atoms with Crippen LogP contribution in [0.1, 0.15) is 5.76 Å². The van der Waals surface area contributed by atoms with Gasteiger partial charge in [0.25, 0.3) is 5.56 Å². The van der Waals surface area contributed by atoms with Crippen LogP contribution < -0.4 is 22.0 Å². The fourth-order valence-electron chi connectivity index (χ4n) is 1.99. The number of hydrogen-bond donors (Lipinski definition) is 3. The molecular formula is C14H12N4O3S. The van der Waals surface area contributed by atoms with Crippen LogP contribution >= 0.6 is 12.2 Å². The lowest BCUT2D eigenvalue weighted by atomic mass is 10.2. The van der Waals surface area contributed by atoms with Crippen LogP contribution in [0.4, 0.5) is 0 Å². The van der Waals surface area contributed by atoms with Crippen molar-refractivity contribution >= 4 is 28.2 Å². The van der Waals surface area contributed by atoms with Crippen LogP contribution in [0.15, 0.2) is 56.7 Å². The van der Waals surface area contributed by atoms with E-state index < -0.39 is 11.2 Å². The largest absolute Gasteiger partial charge is 0.467 e. The van der Waals surface area contributed by atoms with Gasteiger partial charge in [-0.25, -0.2) is 4.79 Å². The third kappa shape index (κ3) is 2.77. The molecule has 0 aliphatic heterocycles. The maximum Gasteiger partial charge on any atom is 0.348 e. The summed E-state index contributed by atoms with van der Waals surface area (Å²) in [7, 11) is 0. The van der Waals surface area contributed by atoms with E-state index >= 15 is 0 Å². The van der Waals surface area contributed by atoms with E-state index in [-0.39, 0.29) is 5.11 Å². The summed E-state index contributed by atoms with van der Waals surface area (Å²) in [6.07, 6.45) is 1.55. The summed E-state index contributed by atoms with van der Waals surface area (Å²) in [4.78, 5) is 26.9. The van der Waals surface area contributed by atoms with Crippen molar-refractivity contribution in [3.63, 3.8) is 0 Å². The number of para-hydroxylation sites is 1. The molecule has 0 saturated carbocycles. The van der Waals surface area contributed by atoms with Gasteiger partial charge in [0.05, 0.1) is 23.7 Å². The number of benzene rings is 1. The molecule has 22 heavy (non-hydrogen) atoms. The molecule has 0 spiro atoms. The number of thiocarbonyl (C=S) groups is 1. The summed E-state index contributed by atoms with van der Waals surface area (Å²) in [5.41, 5.74) is 1.99. The Bertz CT molecular complexity index is 927. The standard InChI is InChI=1S/C14H12N4O3S/c19-12-10-5-1-2-6-11(10)16-14(20)18(12)17-13(22)15-8-9-4-3-7-21-9/h1-7H,8H2,(H,16,20)(H2,15,17,22). The van der Waals surface area contributed by atoms with Crippen LogP contribution in [0, 0.1) is 0 Å². The van der Waals surface area contributed by atoms with Crippen LogP contribution in [0.25, 0.3) is 10.9 Å². The molecule has 8 heteroatoms. The van der Waals surface area contributed by atoms with E-state index in [2.05, 4.69) is 15.7 Å². The predicted molar refractivity (Wildman–Crippen MR) is 86.3 cm³/mol. The average molecular weight is 316 g/mol.